The standard InChI is InChI=1S/C44H28N4/c1-2-9-29(10-3-1)35-27-45-44(46-28-35)48-41-21-19-33(26-38(41)43-37-15-7-5-12-31(37)17-22-42(43)48)32-18-20-39-34(25-32)23-24-47(39)40-16-8-13-30-11-4-6-14-36(30)40/h1-28H. The highest BCUT2D eigenvalue weighted by Crippen LogP contribution is 2.39. The maximum atomic E-state index is 4.89. The first kappa shape index (κ1) is 26.7. The van der Waals surface area contributed by atoms with Gasteiger partial charge in [-0.2, -0.15) is 0 Å². The third kappa shape index (κ3) is 4.10. The predicted octanol–water partition coefficient (Wildman–Crippen LogP) is 11.2. The average Bonchev–Trinajstić information content (AvgIpc) is 3.74. The molecule has 10 rings (SSSR count). The molecule has 0 saturated carbocycles. The number of nitrogens with zero attached hydrogens (tertiary/aromatic N) is 4. The van der Waals surface area contributed by atoms with E-state index in [1.165, 1.54) is 60.0 Å². The Balaban J connectivity index is 1.14. The minimum absolute atomic E-state index is 0.661. The van der Waals surface area contributed by atoms with Crippen LogP contribution in [0.25, 0.3) is 88.1 Å². The first-order valence-corrected chi connectivity index (χ1v) is 16.2. The molecule has 7 aromatic carbocycles. The molecule has 0 atom stereocenters. The van der Waals surface area contributed by atoms with Crippen molar-refractivity contribution in [2.45, 2.75) is 0 Å². The van der Waals surface area contributed by atoms with Crippen LogP contribution in [0.1, 0.15) is 0 Å². The average molecular weight is 613 g/mol. The molecule has 224 valence electrons. The Hall–Kier alpha value is -6.52. The number of aromatic nitrogens is 4. The normalized spacial score (nSPS) is 11.8. The lowest BCUT2D eigenvalue weighted by Gasteiger charge is -2.10. The van der Waals surface area contributed by atoms with Gasteiger partial charge >= 0.3 is 0 Å². The van der Waals surface area contributed by atoms with Gasteiger partial charge in [-0.15, -0.1) is 0 Å². The van der Waals surface area contributed by atoms with E-state index < -0.39 is 0 Å². The molecular weight excluding hydrogens is 585 g/mol. The summed E-state index contributed by atoms with van der Waals surface area (Å²) in [4.78, 5) is 9.78. The molecule has 0 aliphatic rings. The van der Waals surface area contributed by atoms with Crippen molar-refractivity contribution in [3.63, 3.8) is 0 Å². The Labute approximate surface area is 276 Å². The lowest BCUT2D eigenvalue weighted by Crippen LogP contribution is -2.00. The summed E-state index contributed by atoms with van der Waals surface area (Å²) in [5.41, 5.74) is 9.02. The molecule has 0 fully saturated rings. The molecule has 0 spiro atoms. The molecule has 48 heavy (non-hydrogen) atoms. The second kappa shape index (κ2) is 10.5. The van der Waals surface area contributed by atoms with E-state index in [0.717, 1.165) is 22.2 Å². The zero-order valence-corrected chi connectivity index (χ0v) is 26.0. The number of rotatable bonds is 4. The van der Waals surface area contributed by atoms with Crippen LogP contribution >= 0.6 is 0 Å². The van der Waals surface area contributed by atoms with Crippen molar-refractivity contribution in [1.82, 2.24) is 19.1 Å². The maximum Gasteiger partial charge on any atom is 0.234 e. The van der Waals surface area contributed by atoms with E-state index in [9.17, 15) is 0 Å². The summed E-state index contributed by atoms with van der Waals surface area (Å²) in [6, 6.07) is 54.2. The maximum absolute atomic E-state index is 4.89. The van der Waals surface area contributed by atoms with E-state index in [-0.39, 0.29) is 0 Å². The van der Waals surface area contributed by atoms with E-state index in [0.29, 0.717) is 5.95 Å². The van der Waals surface area contributed by atoms with Gasteiger partial charge in [0.15, 0.2) is 0 Å². The third-order valence-corrected chi connectivity index (χ3v) is 9.65. The second-order valence-corrected chi connectivity index (χ2v) is 12.3. The van der Waals surface area contributed by atoms with Gasteiger partial charge in [0, 0.05) is 45.7 Å². The third-order valence-electron chi connectivity index (χ3n) is 9.65. The van der Waals surface area contributed by atoms with Gasteiger partial charge in [-0.1, -0.05) is 109 Å². The van der Waals surface area contributed by atoms with Gasteiger partial charge in [0.2, 0.25) is 5.95 Å². The molecule has 4 nitrogen and oxygen atoms in total. The highest BCUT2D eigenvalue weighted by atomic mass is 15.1. The van der Waals surface area contributed by atoms with E-state index >= 15 is 0 Å². The smallest absolute Gasteiger partial charge is 0.234 e. The van der Waals surface area contributed by atoms with Gasteiger partial charge in [0.05, 0.1) is 22.2 Å². The van der Waals surface area contributed by atoms with E-state index in [1.54, 1.807) is 0 Å². The minimum Gasteiger partial charge on any atom is -0.316 e. The van der Waals surface area contributed by atoms with Gasteiger partial charge in [0.1, 0.15) is 0 Å². The molecule has 0 bridgehead atoms. The van der Waals surface area contributed by atoms with Gasteiger partial charge in [-0.05, 0) is 75.3 Å². The first-order chi connectivity index (χ1) is 23.8. The van der Waals surface area contributed by atoms with Crippen LogP contribution < -0.4 is 0 Å². The summed E-state index contributed by atoms with van der Waals surface area (Å²) >= 11 is 0. The van der Waals surface area contributed by atoms with Gasteiger partial charge < -0.3 is 4.57 Å². The fourth-order valence-corrected chi connectivity index (χ4v) is 7.35. The summed E-state index contributed by atoms with van der Waals surface area (Å²) in [5.74, 6) is 0.661. The number of hydrogen-bond donors (Lipinski definition) is 0. The van der Waals surface area contributed by atoms with Gasteiger partial charge in [-0.3, -0.25) is 4.57 Å². The number of hydrogen-bond acceptors (Lipinski definition) is 2. The first-order valence-electron chi connectivity index (χ1n) is 16.2. The van der Waals surface area contributed by atoms with Crippen LogP contribution in [-0.4, -0.2) is 19.1 Å². The molecule has 0 N–H and O–H groups in total. The highest BCUT2D eigenvalue weighted by molar-refractivity contribution is 6.21. The SMILES string of the molecule is c1ccc(-c2cnc(-n3c4ccc(-c5ccc6c(ccn6-c6cccc7ccccc67)c5)cc4c4c5ccccc5ccc43)nc2)cc1. The fraction of sp³-hybridized carbons (Fsp3) is 0. The predicted molar refractivity (Wildman–Crippen MR) is 199 cm³/mol. The lowest BCUT2D eigenvalue weighted by molar-refractivity contribution is 0.990. The second-order valence-electron chi connectivity index (χ2n) is 12.3. The van der Waals surface area contributed by atoms with Gasteiger partial charge in [0.25, 0.3) is 0 Å². The number of benzene rings is 7. The summed E-state index contributed by atoms with van der Waals surface area (Å²) < 4.78 is 4.50. The molecule has 0 aliphatic heterocycles. The molecule has 4 heteroatoms. The molecule has 3 heterocycles. The quantitative estimate of drug-likeness (QED) is 0.198. The van der Waals surface area contributed by atoms with E-state index in [1.807, 2.05) is 30.6 Å². The van der Waals surface area contributed by atoms with Crippen LogP contribution in [0.4, 0.5) is 0 Å². The van der Waals surface area contributed by atoms with Crippen molar-refractivity contribution in [1.29, 1.82) is 0 Å². The lowest BCUT2D eigenvalue weighted by atomic mass is 9.99. The van der Waals surface area contributed by atoms with Crippen molar-refractivity contribution in [2.75, 3.05) is 0 Å². The minimum atomic E-state index is 0.661. The van der Waals surface area contributed by atoms with Crippen LogP contribution in [0.5, 0.6) is 0 Å². The van der Waals surface area contributed by atoms with E-state index in [2.05, 4.69) is 149 Å². The number of fused-ring (bicyclic) bond motifs is 7. The molecular formula is C44H28N4. The van der Waals surface area contributed by atoms with Crippen LogP contribution in [-0.2, 0) is 0 Å². The molecule has 0 unspecified atom stereocenters. The van der Waals surface area contributed by atoms with Crippen molar-refractivity contribution >= 4 is 54.3 Å². The van der Waals surface area contributed by atoms with E-state index in [4.69, 9.17) is 9.97 Å². The topological polar surface area (TPSA) is 35.6 Å². The molecule has 0 aliphatic carbocycles. The van der Waals surface area contributed by atoms with Crippen LogP contribution in [0.15, 0.2) is 170 Å². The Morgan fingerprint density at radius 3 is 1.90 bits per heavy atom. The summed E-state index contributed by atoms with van der Waals surface area (Å²) in [6.45, 7) is 0. The molecule has 0 radical (unpaired) electrons. The summed E-state index contributed by atoms with van der Waals surface area (Å²) in [7, 11) is 0. The Morgan fingerprint density at radius 2 is 1.06 bits per heavy atom. The molecule has 10 aromatic rings. The molecule has 3 aromatic heterocycles. The summed E-state index contributed by atoms with van der Waals surface area (Å²) in [6.07, 6.45) is 6.02. The largest absolute Gasteiger partial charge is 0.316 e. The monoisotopic (exact) mass is 612 g/mol. The Morgan fingerprint density at radius 1 is 0.396 bits per heavy atom. The van der Waals surface area contributed by atoms with Crippen molar-refractivity contribution < 1.29 is 0 Å². The fourth-order valence-electron chi connectivity index (χ4n) is 7.35. The zero-order chi connectivity index (χ0) is 31.6. The zero-order valence-electron chi connectivity index (χ0n) is 26.0. The molecule has 0 amide bonds. The van der Waals surface area contributed by atoms with Crippen LogP contribution in [0.2, 0.25) is 0 Å². The van der Waals surface area contributed by atoms with Crippen molar-refractivity contribution in [3.05, 3.63) is 170 Å². The van der Waals surface area contributed by atoms with Crippen LogP contribution in [0.3, 0.4) is 0 Å². The summed E-state index contributed by atoms with van der Waals surface area (Å²) in [5, 5.41) is 8.53. The van der Waals surface area contributed by atoms with Crippen molar-refractivity contribution in [2.24, 2.45) is 0 Å². The van der Waals surface area contributed by atoms with Crippen molar-refractivity contribution in [3.8, 4) is 33.9 Å². The highest BCUT2D eigenvalue weighted by Gasteiger charge is 2.18. The Kier molecular flexibility index (Phi) is 5.84. The van der Waals surface area contributed by atoms with Crippen LogP contribution in [0, 0.1) is 0 Å². The Bertz CT molecular complexity index is 2820. The van der Waals surface area contributed by atoms with Gasteiger partial charge in [-0.25, -0.2) is 9.97 Å². The molecule has 0 saturated heterocycles.